The maximum Gasteiger partial charge on any atom is 0.300 e. The van der Waals surface area contributed by atoms with Crippen LogP contribution >= 0.6 is 0 Å². The van der Waals surface area contributed by atoms with Gasteiger partial charge in [0, 0.05) is 6.54 Å². The van der Waals surface area contributed by atoms with Crippen LogP contribution in [0.5, 0.6) is 0 Å². The largest absolute Gasteiger partial charge is 0.355 e. The fourth-order valence-corrected chi connectivity index (χ4v) is 2.57. The normalized spacial score (nSPS) is 20.1. The number of hydrogen-bond acceptors (Lipinski definition) is 2. The van der Waals surface area contributed by atoms with Crippen LogP contribution < -0.4 is 5.32 Å². The molecule has 1 rings (SSSR count). The minimum absolute atomic E-state index is 0.217. The number of nitrogens with zero attached hydrogens (tertiary/aromatic N) is 1. The van der Waals surface area contributed by atoms with Crippen LogP contribution in [0.25, 0.3) is 4.85 Å². The van der Waals surface area contributed by atoms with Gasteiger partial charge in [0.1, 0.15) is 0 Å². The number of carbonyl (C=O) groups is 2. The molecular formula is C17H28N2O2. The van der Waals surface area contributed by atoms with Crippen molar-refractivity contribution in [3.63, 3.8) is 0 Å². The molecule has 0 heterocycles. The summed E-state index contributed by atoms with van der Waals surface area (Å²) < 4.78 is 0. The molecule has 0 saturated heterocycles. The van der Waals surface area contributed by atoms with Crippen molar-refractivity contribution in [1.82, 2.24) is 5.32 Å². The summed E-state index contributed by atoms with van der Waals surface area (Å²) in [5.74, 6) is -1.15. The van der Waals surface area contributed by atoms with Gasteiger partial charge in [0.15, 0.2) is 5.92 Å². The molecule has 0 spiro atoms. The van der Waals surface area contributed by atoms with Crippen LogP contribution in [0.4, 0.5) is 0 Å². The Morgan fingerprint density at radius 1 is 1.05 bits per heavy atom. The van der Waals surface area contributed by atoms with Crippen LogP contribution in [0.2, 0.25) is 0 Å². The standard InChI is InChI=1S/C17H28N2O2/c1-3-4-5-6-7-8-9-10-11-12-13-19-17(21)14-15(18-2)16(14)20/h14-15H,3-13H2,1H3,(H,19,21). The van der Waals surface area contributed by atoms with Gasteiger partial charge in [0.2, 0.25) is 11.7 Å². The Balaban J connectivity index is 1.84. The molecule has 0 radical (unpaired) electrons. The van der Waals surface area contributed by atoms with Crippen LogP contribution in [0.1, 0.15) is 71.1 Å². The van der Waals surface area contributed by atoms with Gasteiger partial charge in [-0.3, -0.25) is 9.59 Å². The quantitative estimate of drug-likeness (QED) is 0.340. The zero-order valence-electron chi connectivity index (χ0n) is 13.2. The van der Waals surface area contributed by atoms with Gasteiger partial charge in [0.25, 0.3) is 0 Å². The number of carbonyl (C=O) groups excluding carboxylic acids is 2. The van der Waals surface area contributed by atoms with E-state index < -0.39 is 12.0 Å². The van der Waals surface area contributed by atoms with Gasteiger partial charge in [-0.1, -0.05) is 64.7 Å². The summed E-state index contributed by atoms with van der Waals surface area (Å²) in [5, 5.41) is 2.76. The second-order valence-electron chi connectivity index (χ2n) is 5.93. The Bertz CT molecular complexity index is 373. The average Bonchev–Trinajstić information content (AvgIpc) is 3.14. The Labute approximate surface area is 128 Å². The number of unbranched alkanes of at least 4 members (excludes halogenated alkanes) is 9. The maximum atomic E-state index is 11.6. The van der Waals surface area contributed by atoms with Gasteiger partial charge in [-0.15, -0.1) is 0 Å². The van der Waals surface area contributed by atoms with Gasteiger partial charge < -0.3 is 10.2 Å². The van der Waals surface area contributed by atoms with Crippen molar-refractivity contribution >= 4 is 11.7 Å². The third-order valence-corrected chi connectivity index (χ3v) is 4.06. The van der Waals surface area contributed by atoms with Crippen molar-refractivity contribution in [3.05, 3.63) is 11.4 Å². The Morgan fingerprint density at radius 2 is 1.57 bits per heavy atom. The smallest absolute Gasteiger partial charge is 0.300 e. The summed E-state index contributed by atoms with van der Waals surface area (Å²) in [5.41, 5.74) is 0. The van der Waals surface area contributed by atoms with E-state index in [1.54, 1.807) is 0 Å². The lowest BCUT2D eigenvalue weighted by molar-refractivity contribution is -0.124. The highest BCUT2D eigenvalue weighted by Gasteiger charge is 2.61. The molecule has 4 heteroatoms. The first-order valence-electron chi connectivity index (χ1n) is 8.40. The maximum absolute atomic E-state index is 11.6. The molecule has 1 N–H and O–H groups in total. The fraction of sp³-hybridized carbons (Fsp3) is 0.824. The molecule has 0 aromatic carbocycles. The molecule has 1 amide bonds. The van der Waals surface area contributed by atoms with Crippen molar-refractivity contribution in [2.24, 2.45) is 5.92 Å². The lowest BCUT2D eigenvalue weighted by Gasteiger charge is -2.03. The first-order chi connectivity index (χ1) is 10.2. The van der Waals surface area contributed by atoms with Crippen LogP contribution in [0.15, 0.2) is 0 Å². The molecule has 118 valence electrons. The summed E-state index contributed by atoms with van der Waals surface area (Å²) >= 11 is 0. The molecule has 1 saturated carbocycles. The molecule has 2 atom stereocenters. The highest BCUT2D eigenvalue weighted by Crippen LogP contribution is 2.28. The minimum Gasteiger partial charge on any atom is -0.355 e. The van der Waals surface area contributed by atoms with Gasteiger partial charge in [-0.05, 0) is 6.42 Å². The van der Waals surface area contributed by atoms with E-state index in [0.29, 0.717) is 6.54 Å². The summed E-state index contributed by atoms with van der Waals surface area (Å²) in [6.07, 6.45) is 12.6. The lowest BCUT2D eigenvalue weighted by atomic mass is 10.1. The van der Waals surface area contributed by atoms with Crippen molar-refractivity contribution in [2.75, 3.05) is 6.54 Å². The third kappa shape index (κ3) is 6.75. The van der Waals surface area contributed by atoms with E-state index >= 15 is 0 Å². The molecule has 2 unspecified atom stereocenters. The molecule has 0 aromatic rings. The topological polar surface area (TPSA) is 50.5 Å². The Hall–Kier alpha value is -1.37. The zero-order chi connectivity index (χ0) is 15.5. The van der Waals surface area contributed by atoms with E-state index in [4.69, 9.17) is 6.57 Å². The van der Waals surface area contributed by atoms with E-state index in [2.05, 4.69) is 17.1 Å². The highest BCUT2D eigenvalue weighted by atomic mass is 16.2. The Morgan fingerprint density at radius 3 is 2.05 bits per heavy atom. The predicted molar refractivity (Wildman–Crippen MR) is 83.7 cm³/mol. The van der Waals surface area contributed by atoms with Gasteiger partial charge in [0.05, 0.1) is 0 Å². The number of nitrogens with one attached hydrogen (secondary N) is 1. The van der Waals surface area contributed by atoms with Crippen molar-refractivity contribution < 1.29 is 9.59 Å². The molecular weight excluding hydrogens is 264 g/mol. The van der Waals surface area contributed by atoms with E-state index in [-0.39, 0.29) is 11.7 Å². The van der Waals surface area contributed by atoms with Crippen molar-refractivity contribution in [1.29, 1.82) is 0 Å². The monoisotopic (exact) mass is 292 g/mol. The first kappa shape index (κ1) is 17.7. The van der Waals surface area contributed by atoms with Crippen molar-refractivity contribution in [3.8, 4) is 0 Å². The molecule has 1 aliphatic rings. The SMILES string of the molecule is [C-]#[N+]C1C(=O)C1C(=O)NCCCCCCCCCCCC. The van der Waals surface area contributed by atoms with Crippen LogP contribution in [0.3, 0.4) is 0 Å². The zero-order valence-corrected chi connectivity index (χ0v) is 13.2. The average molecular weight is 292 g/mol. The third-order valence-electron chi connectivity index (χ3n) is 4.06. The van der Waals surface area contributed by atoms with E-state index in [0.717, 1.165) is 12.8 Å². The van der Waals surface area contributed by atoms with Crippen LogP contribution in [0, 0.1) is 12.5 Å². The summed E-state index contributed by atoms with van der Waals surface area (Å²) in [6.45, 7) is 9.62. The first-order valence-corrected chi connectivity index (χ1v) is 8.40. The summed E-state index contributed by atoms with van der Waals surface area (Å²) in [7, 11) is 0. The lowest BCUT2D eigenvalue weighted by Crippen LogP contribution is -2.27. The fourth-order valence-electron chi connectivity index (χ4n) is 2.57. The number of rotatable bonds is 12. The second-order valence-corrected chi connectivity index (χ2v) is 5.93. The summed E-state index contributed by atoms with van der Waals surface area (Å²) in [4.78, 5) is 25.8. The number of Topliss-reactive ketones (excluding diaryl/α,β-unsaturated/α-hetero) is 1. The molecule has 0 aliphatic heterocycles. The van der Waals surface area contributed by atoms with Gasteiger partial charge in [-0.25, -0.2) is 6.57 Å². The van der Waals surface area contributed by atoms with Gasteiger partial charge in [-0.2, -0.15) is 0 Å². The number of amides is 1. The van der Waals surface area contributed by atoms with Crippen LogP contribution in [-0.4, -0.2) is 24.3 Å². The molecule has 1 aliphatic carbocycles. The van der Waals surface area contributed by atoms with E-state index in [1.807, 2.05) is 0 Å². The summed E-state index contributed by atoms with van der Waals surface area (Å²) in [6, 6.07) is -0.697. The predicted octanol–water partition coefficient (Wildman–Crippen LogP) is 3.51. The van der Waals surface area contributed by atoms with E-state index in [1.165, 1.54) is 51.4 Å². The van der Waals surface area contributed by atoms with Gasteiger partial charge >= 0.3 is 6.04 Å². The number of ketones is 1. The Kier molecular flexibility index (Phi) is 8.73. The second kappa shape index (κ2) is 10.4. The minimum atomic E-state index is -0.697. The molecule has 1 fully saturated rings. The van der Waals surface area contributed by atoms with Crippen LogP contribution in [-0.2, 0) is 9.59 Å². The molecule has 21 heavy (non-hydrogen) atoms. The molecule has 0 aromatic heterocycles. The molecule has 4 nitrogen and oxygen atoms in total. The van der Waals surface area contributed by atoms with E-state index in [9.17, 15) is 9.59 Å². The molecule has 0 bridgehead atoms. The number of hydrogen-bond donors (Lipinski definition) is 1. The van der Waals surface area contributed by atoms with Crippen molar-refractivity contribution in [2.45, 2.75) is 77.2 Å². The highest BCUT2D eigenvalue weighted by molar-refractivity contribution is 6.20.